The molecule has 0 saturated heterocycles. The molecular weight excluding hydrogens is 260 g/mol. The number of nitrogens with zero attached hydrogens (tertiary/aromatic N) is 4. The Balaban J connectivity index is 1.66. The summed E-state index contributed by atoms with van der Waals surface area (Å²) >= 11 is 4.81. The SMILES string of the molecule is NC(=S)c1cnc(NCCCCn2ccnc2)cn1. The lowest BCUT2D eigenvalue weighted by molar-refractivity contribution is 0.620. The molecule has 0 unspecified atom stereocenters. The second kappa shape index (κ2) is 6.79. The molecule has 2 heterocycles. The largest absolute Gasteiger partial charge is 0.388 e. The maximum Gasteiger partial charge on any atom is 0.144 e. The van der Waals surface area contributed by atoms with E-state index in [1.807, 2.05) is 12.5 Å². The summed E-state index contributed by atoms with van der Waals surface area (Å²) in [6.07, 6.45) is 10.9. The minimum atomic E-state index is 0.263. The molecule has 2 rings (SSSR count). The lowest BCUT2D eigenvalue weighted by Crippen LogP contribution is -2.13. The van der Waals surface area contributed by atoms with E-state index in [1.54, 1.807) is 18.6 Å². The number of nitrogens with two attached hydrogens (primary N) is 1. The lowest BCUT2D eigenvalue weighted by atomic mass is 10.3. The Morgan fingerprint density at radius 2 is 2.21 bits per heavy atom. The monoisotopic (exact) mass is 276 g/mol. The summed E-state index contributed by atoms with van der Waals surface area (Å²) in [4.78, 5) is 12.6. The van der Waals surface area contributed by atoms with Gasteiger partial charge in [-0.05, 0) is 12.8 Å². The van der Waals surface area contributed by atoms with Crippen LogP contribution in [0.3, 0.4) is 0 Å². The summed E-state index contributed by atoms with van der Waals surface area (Å²) in [5, 5.41) is 3.21. The third-order valence-electron chi connectivity index (χ3n) is 2.61. The van der Waals surface area contributed by atoms with Crippen molar-refractivity contribution in [3.05, 3.63) is 36.8 Å². The predicted molar refractivity (Wildman–Crippen MR) is 77.9 cm³/mol. The van der Waals surface area contributed by atoms with Gasteiger partial charge >= 0.3 is 0 Å². The Kier molecular flexibility index (Phi) is 4.79. The van der Waals surface area contributed by atoms with Crippen LogP contribution in [0.5, 0.6) is 0 Å². The van der Waals surface area contributed by atoms with Crippen molar-refractivity contribution in [2.24, 2.45) is 5.73 Å². The number of aromatic nitrogens is 4. The number of aryl methyl sites for hydroxylation is 1. The molecule has 0 aliphatic carbocycles. The van der Waals surface area contributed by atoms with Gasteiger partial charge in [-0.15, -0.1) is 0 Å². The molecule has 0 aliphatic rings. The normalized spacial score (nSPS) is 10.3. The van der Waals surface area contributed by atoms with Gasteiger partial charge in [0.15, 0.2) is 0 Å². The number of unbranched alkanes of at least 4 members (excludes halogenated alkanes) is 1. The molecule has 0 bridgehead atoms. The summed E-state index contributed by atoms with van der Waals surface area (Å²) in [6.45, 7) is 1.84. The first-order valence-corrected chi connectivity index (χ1v) is 6.48. The van der Waals surface area contributed by atoms with Gasteiger partial charge in [0.25, 0.3) is 0 Å². The fraction of sp³-hybridized carbons (Fsp3) is 0.333. The van der Waals surface area contributed by atoms with E-state index < -0.39 is 0 Å². The summed E-state index contributed by atoms with van der Waals surface area (Å²) < 4.78 is 2.07. The minimum Gasteiger partial charge on any atom is -0.388 e. The molecule has 0 aliphatic heterocycles. The Morgan fingerprint density at radius 3 is 2.84 bits per heavy atom. The number of thiocarbonyl (C=S) groups is 1. The van der Waals surface area contributed by atoms with E-state index in [2.05, 4.69) is 24.8 Å². The van der Waals surface area contributed by atoms with Crippen molar-refractivity contribution < 1.29 is 0 Å². The van der Waals surface area contributed by atoms with Gasteiger partial charge < -0.3 is 15.6 Å². The van der Waals surface area contributed by atoms with Crippen molar-refractivity contribution in [1.82, 2.24) is 19.5 Å². The quantitative estimate of drug-likeness (QED) is 0.584. The van der Waals surface area contributed by atoms with Gasteiger partial charge in [-0.1, -0.05) is 12.2 Å². The van der Waals surface area contributed by atoms with Gasteiger partial charge in [-0.25, -0.2) is 15.0 Å². The molecule has 2 aromatic rings. The molecule has 0 fully saturated rings. The average Bonchev–Trinajstić information content (AvgIpc) is 2.92. The smallest absolute Gasteiger partial charge is 0.144 e. The molecule has 0 amide bonds. The highest BCUT2D eigenvalue weighted by Gasteiger charge is 1.99. The maximum absolute atomic E-state index is 5.45. The van der Waals surface area contributed by atoms with Crippen molar-refractivity contribution in [2.75, 3.05) is 11.9 Å². The van der Waals surface area contributed by atoms with Crippen LogP contribution < -0.4 is 11.1 Å². The van der Waals surface area contributed by atoms with E-state index in [-0.39, 0.29) is 4.99 Å². The summed E-state index contributed by atoms with van der Waals surface area (Å²) in [7, 11) is 0. The van der Waals surface area contributed by atoms with Gasteiger partial charge in [-0.3, -0.25) is 0 Å². The van der Waals surface area contributed by atoms with Crippen LogP contribution >= 0.6 is 12.2 Å². The van der Waals surface area contributed by atoms with E-state index in [4.69, 9.17) is 18.0 Å². The molecule has 0 spiro atoms. The molecule has 100 valence electrons. The van der Waals surface area contributed by atoms with E-state index in [0.717, 1.165) is 31.7 Å². The van der Waals surface area contributed by atoms with E-state index in [1.165, 1.54) is 0 Å². The van der Waals surface area contributed by atoms with Crippen LogP contribution in [0.4, 0.5) is 5.82 Å². The van der Waals surface area contributed by atoms with Crippen LogP contribution in [-0.2, 0) is 6.54 Å². The van der Waals surface area contributed by atoms with Crippen LogP contribution in [0, 0.1) is 0 Å². The minimum absolute atomic E-state index is 0.263. The highest BCUT2D eigenvalue weighted by molar-refractivity contribution is 7.80. The Bertz CT molecular complexity index is 508. The molecular formula is C12H16N6S. The fourth-order valence-corrected chi connectivity index (χ4v) is 1.71. The third-order valence-corrected chi connectivity index (χ3v) is 2.82. The first-order valence-electron chi connectivity index (χ1n) is 6.07. The average molecular weight is 276 g/mol. The number of rotatable bonds is 7. The molecule has 0 aromatic carbocycles. The second-order valence-corrected chi connectivity index (χ2v) is 4.53. The summed E-state index contributed by atoms with van der Waals surface area (Å²) in [6, 6.07) is 0. The predicted octanol–water partition coefficient (Wildman–Crippen LogP) is 1.20. The van der Waals surface area contributed by atoms with Crippen LogP contribution in [-0.4, -0.2) is 31.1 Å². The Hall–Kier alpha value is -2.02. The Morgan fingerprint density at radius 1 is 1.32 bits per heavy atom. The van der Waals surface area contributed by atoms with Gasteiger partial charge in [-0.2, -0.15) is 0 Å². The van der Waals surface area contributed by atoms with E-state index in [9.17, 15) is 0 Å². The van der Waals surface area contributed by atoms with Crippen LogP contribution in [0.15, 0.2) is 31.1 Å². The lowest BCUT2D eigenvalue weighted by Gasteiger charge is -2.06. The summed E-state index contributed by atoms with van der Waals surface area (Å²) in [5.41, 5.74) is 5.99. The van der Waals surface area contributed by atoms with Gasteiger partial charge in [0.2, 0.25) is 0 Å². The topological polar surface area (TPSA) is 81.6 Å². The molecule has 0 saturated carbocycles. The number of imidazole rings is 1. The maximum atomic E-state index is 5.45. The number of anilines is 1. The van der Waals surface area contributed by atoms with Gasteiger partial charge in [0.05, 0.1) is 18.7 Å². The standard InChI is InChI=1S/C12H16N6S/c13-12(19)10-7-17-11(8-16-10)15-3-1-2-5-18-6-4-14-9-18/h4,6-9H,1-3,5H2,(H2,13,19)(H,15,17). The third kappa shape index (κ3) is 4.29. The molecule has 0 atom stereocenters. The van der Waals surface area contributed by atoms with Crippen LogP contribution in [0.2, 0.25) is 0 Å². The molecule has 7 heteroatoms. The van der Waals surface area contributed by atoms with Gasteiger partial charge in [0.1, 0.15) is 16.5 Å². The highest BCUT2D eigenvalue weighted by atomic mass is 32.1. The zero-order valence-electron chi connectivity index (χ0n) is 10.5. The fourth-order valence-electron chi connectivity index (χ4n) is 1.60. The van der Waals surface area contributed by atoms with Crippen molar-refractivity contribution in [1.29, 1.82) is 0 Å². The zero-order valence-corrected chi connectivity index (χ0v) is 11.3. The summed E-state index contributed by atoms with van der Waals surface area (Å²) in [5.74, 6) is 0.739. The first-order chi connectivity index (χ1) is 9.25. The molecule has 6 nitrogen and oxygen atoms in total. The number of nitrogens with one attached hydrogen (secondary N) is 1. The van der Waals surface area contributed by atoms with Crippen LogP contribution in [0.25, 0.3) is 0 Å². The van der Waals surface area contributed by atoms with Gasteiger partial charge in [0, 0.05) is 25.5 Å². The van der Waals surface area contributed by atoms with Crippen LogP contribution in [0.1, 0.15) is 18.5 Å². The molecule has 19 heavy (non-hydrogen) atoms. The first kappa shape index (κ1) is 13.4. The van der Waals surface area contributed by atoms with E-state index in [0.29, 0.717) is 5.69 Å². The second-order valence-electron chi connectivity index (χ2n) is 4.09. The number of hydrogen-bond donors (Lipinski definition) is 2. The zero-order chi connectivity index (χ0) is 13.5. The van der Waals surface area contributed by atoms with Crippen molar-refractivity contribution >= 4 is 23.0 Å². The van der Waals surface area contributed by atoms with Crippen molar-refractivity contribution in [3.8, 4) is 0 Å². The Labute approximate surface area is 117 Å². The molecule has 3 N–H and O–H groups in total. The van der Waals surface area contributed by atoms with E-state index >= 15 is 0 Å². The van der Waals surface area contributed by atoms with Crippen molar-refractivity contribution in [3.63, 3.8) is 0 Å². The van der Waals surface area contributed by atoms with Crippen molar-refractivity contribution in [2.45, 2.75) is 19.4 Å². The molecule has 0 radical (unpaired) electrons. The number of hydrogen-bond acceptors (Lipinski definition) is 5. The highest BCUT2D eigenvalue weighted by Crippen LogP contribution is 2.02. The molecule has 2 aromatic heterocycles.